The summed E-state index contributed by atoms with van der Waals surface area (Å²) in [6.07, 6.45) is 2.10. The minimum absolute atomic E-state index is 0.178. The number of cyclic esters (lactones) is 2. The third kappa shape index (κ3) is 3.03. The summed E-state index contributed by atoms with van der Waals surface area (Å²) in [5, 5.41) is 2.91. The highest BCUT2D eigenvalue weighted by molar-refractivity contribution is 6.15. The Hall–Kier alpha value is -2.83. The molecule has 0 saturated carbocycles. The standard InChI is InChI=1S/C16H17N3O4/c1-4-13-18-11-6-5-9(7-12(11)19-13)17-8-10-14(20)22-16(2,3)23-15(10)21/h5-8,17H,4H2,1-3H3,(H,18,19). The number of nitrogens with zero attached hydrogens (tertiary/aromatic N) is 1. The quantitative estimate of drug-likeness (QED) is 0.512. The number of hydrogen-bond donors (Lipinski definition) is 2. The number of aryl methyl sites for hydroxylation is 1. The highest BCUT2D eigenvalue weighted by atomic mass is 16.7. The van der Waals surface area contributed by atoms with Crippen molar-refractivity contribution in [1.82, 2.24) is 9.97 Å². The maximum absolute atomic E-state index is 11.8. The zero-order chi connectivity index (χ0) is 16.6. The van der Waals surface area contributed by atoms with E-state index in [1.165, 1.54) is 20.0 Å². The van der Waals surface area contributed by atoms with Crippen LogP contribution in [-0.2, 0) is 25.5 Å². The van der Waals surface area contributed by atoms with Gasteiger partial charge >= 0.3 is 11.9 Å². The first kappa shape index (κ1) is 15.1. The number of anilines is 1. The Kier molecular flexibility index (Phi) is 3.55. The van der Waals surface area contributed by atoms with Crippen LogP contribution < -0.4 is 5.32 Å². The van der Waals surface area contributed by atoms with Crippen LogP contribution in [0.25, 0.3) is 11.0 Å². The van der Waals surface area contributed by atoms with Gasteiger partial charge in [0.2, 0.25) is 0 Å². The number of carbonyl (C=O) groups excluding carboxylic acids is 2. The lowest BCUT2D eigenvalue weighted by molar-refractivity contribution is -0.222. The fourth-order valence-electron chi connectivity index (χ4n) is 2.25. The van der Waals surface area contributed by atoms with Crippen molar-refractivity contribution in [3.8, 4) is 0 Å². The Labute approximate surface area is 132 Å². The third-order valence-corrected chi connectivity index (χ3v) is 3.37. The van der Waals surface area contributed by atoms with Gasteiger partial charge in [-0.25, -0.2) is 14.6 Å². The summed E-state index contributed by atoms with van der Waals surface area (Å²) in [5.41, 5.74) is 2.27. The number of aromatic amines is 1. The van der Waals surface area contributed by atoms with Crippen molar-refractivity contribution in [1.29, 1.82) is 0 Å². The summed E-state index contributed by atoms with van der Waals surface area (Å²) in [6.45, 7) is 5.03. The van der Waals surface area contributed by atoms with E-state index in [0.717, 1.165) is 23.3 Å². The predicted octanol–water partition coefficient (Wildman–Crippen LogP) is 2.26. The van der Waals surface area contributed by atoms with Crippen molar-refractivity contribution >= 4 is 28.7 Å². The van der Waals surface area contributed by atoms with Gasteiger partial charge in [0.1, 0.15) is 5.82 Å². The first-order valence-corrected chi connectivity index (χ1v) is 7.30. The van der Waals surface area contributed by atoms with Gasteiger partial charge < -0.3 is 19.8 Å². The van der Waals surface area contributed by atoms with E-state index in [0.29, 0.717) is 5.69 Å². The van der Waals surface area contributed by atoms with Gasteiger partial charge in [0.05, 0.1) is 11.0 Å². The monoisotopic (exact) mass is 315 g/mol. The van der Waals surface area contributed by atoms with Crippen LogP contribution in [0.1, 0.15) is 26.6 Å². The summed E-state index contributed by atoms with van der Waals surface area (Å²) in [4.78, 5) is 31.3. The molecule has 2 aromatic rings. The van der Waals surface area contributed by atoms with Crippen LogP contribution in [0.4, 0.5) is 5.69 Å². The molecule has 1 fully saturated rings. The van der Waals surface area contributed by atoms with Crippen molar-refractivity contribution < 1.29 is 19.1 Å². The lowest BCUT2D eigenvalue weighted by atomic mass is 10.2. The minimum atomic E-state index is -1.24. The molecule has 0 radical (unpaired) electrons. The average molecular weight is 315 g/mol. The van der Waals surface area contributed by atoms with Gasteiger partial charge in [-0.05, 0) is 18.2 Å². The molecule has 0 atom stereocenters. The zero-order valence-corrected chi connectivity index (χ0v) is 13.1. The minimum Gasteiger partial charge on any atom is -0.419 e. The lowest BCUT2D eigenvalue weighted by Crippen LogP contribution is -2.42. The molecule has 1 aromatic carbocycles. The Morgan fingerprint density at radius 3 is 2.61 bits per heavy atom. The number of ether oxygens (including phenoxy) is 2. The van der Waals surface area contributed by atoms with Crippen molar-refractivity contribution in [2.24, 2.45) is 0 Å². The van der Waals surface area contributed by atoms with Crippen LogP contribution >= 0.6 is 0 Å². The second-order valence-corrected chi connectivity index (χ2v) is 5.65. The van der Waals surface area contributed by atoms with E-state index in [-0.39, 0.29) is 5.57 Å². The molecule has 2 N–H and O–H groups in total. The normalized spacial score (nSPS) is 16.9. The van der Waals surface area contributed by atoms with Crippen LogP contribution in [0.2, 0.25) is 0 Å². The molecule has 120 valence electrons. The van der Waals surface area contributed by atoms with Gasteiger partial charge in [0.15, 0.2) is 5.57 Å². The molecule has 7 heteroatoms. The molecule has 3 rings (SSSR count). The fraction of sp³-hybridized carbons (Fsp3) is 0.312. The molecule has 2 heterocycles. The maximum atomic E-state index is 11.8. The number of H-pyrrole nitrogens is 1. The molecule has 1 aliphatic heterocycles. The molecular weight excluding hydrogens is 298 g/mol. The molecule has 1 aliphatic rings. The SMILES string of the molecule is CCc1nc2ccc(NC=C3C(=O)OC(C)(C)OC3=O)cc2[nH]1. The number of rotatable bonds is 3. The van der Waals surface area contributed by atoms with Gasteiger partial charge in [-0.15, -0.1) is 0 Å². The van der Waals surface area contributed by atoms with Crippen molar-refractivity contribution in [2.45, 2.75) is 33.0 Å². The first-order chi connectivity index (χ1) is 10.9. The lowest BCUT2D eigenvalue weighted by Gasteiger charge is -2.29. The van der Waals surface area contributed by atoms with E-state index in [2.05, 4.69) is 15.3 Å². The number of carbonyl (C=O) groups is 2. The second-order valence-electron chi connectivity index (χ2n) is 5.65. The van der Waals surface area contributed by atoms with E-state index in [4.69, 9.17) is 9.47 Å². The zero-order valence-electron chi connectivity index (χ0n) is 13.1. The number of imidazole rings is 1. The van der Waals surface area contributed by atoms with E-state index in [1.807, 2.05) is 25.1 Å². The van der Waals surface area contributed by atoms with E-state index in [9.17, 15) is 9.59 Å². The van der Waals surface area contributed by atoms with Crippen molar-refractivity contribution in [2.75, 3.05) is 5.32 Å². The van der Waals surface area contributed by atoms with E-state index < -0.39 is 17.7 Å². The van der Waals surface area contributed by atoms with Gasteiger partial charge in [0.25, 0.3) is 5.79 Å². The predicted molar refractivity (Wildman–Crippen MR) is 83.4 cm³/mol. The smallest absolute Gasteiger partial charge is 0.350 e. The molecule has 0 unspecified atom stereocenters. The maximum Gasteiger partial charge on any atom is 0.350 e. The number of aromatic nitrogens is 2. The summed E-state index contributed by atoms with van der Waals surface area (Å²) in [5.74, 6) is -1.77. The molecule has 0 spiro atoms. The van der Waals surface area contributed by atoms with Gasteiger partial charge in [0, 0.05) is 32.2 Å². The highest BCUT2D eigenvalue weighted by Gasteiger charge is 2.38. The Morgan fingerprint density at radius 1 is 1.26 bits per heavy atom. The Morgan fingerprint density at radius 2 is 1.96 bits per heavy atom. The van der Waals surface area contributed by atoms with Crippen LogP contribution in [-0.4, -0.2) is 27.7 Å². The molecule has 7 nitrogen and oxygen atoms in total. The molecular formula is C16H17N3O4. The second kappa shape index (κ2) is 5.42. The molecule has 0 bridgehead atoms. The number of nitrogens with one attached hydrogen (secondary N) is 2. The summed E-state index contributed by atoms with van der Waals surface area (Å²) < 4.78 is 10.1. The fourth-order valence-corrected chi connectivity index (χ4v) is 2.25. The topological polar surface area (TPSA) is 93.3 Å². The number of benzene rings is 1. The first-order valence-electron chi connectivity index (χ1n) is 7.30. The van der Waals surface area contributed by atoms with E-state index >= 15 is 0 Å². The largest absolute Gasteiger partial charge is 0.419 e. The highest BCUT2D eigenvalue weighted by Crippen LogP contribution is 2.23. The van der Waals surface area contributed by atoms with Crippen LogP contribution in [0, 0.1) is 0 Å². The number of fused-ring (bicyclic) bond motifs is 1. The third-order valence-electron chi connectivity index (χ3n) is 3.37. The van der Waals surface area contributed by atoms with Gasteiger partial charge in [-0.2, -0.15) is 0 Å². The molecule has 1 saturated heterocycles. The summed E-state index contributed by atoms with van der Waals surface area (Å²) in [7, 11) is 0. The van der Waals surface area contributed by atoms with Gasteiger partial charge in [-0.1, -0.05) is 6.92 Å². The van der Waals surface area contributed by atoms with E-state index in [1.54, 1.807) is 0 Å². The van der Waals surface area contributed by atoms with Crippen LogP contribution in [0.3, 0.4) is 0 Å². The summed E-state index contributed by atoms with van der Waals surface area (Å²) >= 11 is 0. The van der Waals surface area contributed by atoms with Crippen molar-refractivity contribution in [3.63, 3.8) is 0 Å². The van der Waals surface area contributed by atoms with Crippen molar-refractivity contribution in [3.05, 3.63) is 35.8 Å². The Balaban J connectivity index is 1.82. The average Bonchev–Trinajstić information content (AvgIpc) is 2.87. The van der Waals surface area contributed by atoms with Gasteiger partial charge in [-0.3, -0.25) is 0 Å². The molecule has 23 heavy (non-hydrogen) atoms. The summed E-state index contributed by atoms with van der Waals surface area (Å²) in [6, 6.07) is 5.51. The number of hydrogen-bond acceptors (Lipinski definition) is 6. The van der Waals surface area contributed by atoms with Crippen LogP contribution in [0.15, 0.2) is 30.0 Å². The Bertz CT molecular complexity index is 798. The van der Waals surface area contributed by atoms with Crippen LogP contribution in [0.5, 0.6) is 0 Å². The molecule has 1 aromatic heterocycles. The number of esters is 2. The molecule has 0 amide bonds. The molecule has 0 aliphatic carbocycles.